The number of fused-ring (bicyclic) bond motifs is 1. The number of benzene rings is 3. The molecule has 0 aliphatic heterocycles. The van der Waals surface area contributed by atoms with Crippen molar-refractivity contribution in [2.24, 2.45) is 0 Å². The van der Waals surface area contributed by atoms with Crippen molar-refractivity contribution < 1.29 is 23.9 Å². The van der Waals surface area contributed by atoms with Crippen molar-refractivity contribution >= 4 is 69.5 Å². The minimum absolute atomic E-state index is 0.0462. The first kappa shape index (κ1) is 34.0. The fourth-order valence-electron chi connectivity index (χ4n) is 4.41. The number of ether oxygens (including phenoxy) is 1. The predicted molar refractivity (Wildman–Crippen MR) is 180 cm³/mol. The third-order valence-electron chi connectivity index (χ3n) is 7.10. The van der Waals surface area contributed by atoms with Crippen molar-refractivity contribution in [3.05, 3.63) is 105 Å². The molecule has 0 fully saturated rings. The van der Waals surface area contributed by atoms with E-state index in [-0.39, 0.29) is 24.1 Å². The maximum atomic E-state index is 13.0. The summed E-state index contributed by atoms with van der Waals surface area (Å²) in [6.07, 6.45) is 2.83. The number of likely N-dealkylation sites (N-methyl/N-ethyl adjacent to an activating group) is 2. The van der Waals surface area contributed by atoms with Crippen LogP contribution in [0.4, 0.5) is 5.69 Å². The standard InChI is InChI=1S/C34H33Cl2N5O5/c1-20-8-12-23-6-5-7-28(32(23)39-20)46-19-25-26(35)15-16-27(31(25)36)41(4)30(43)18-38-29(42)17-11-22-9-13-24(14-10-22)34(45)40-21(2)33(44)37-3/h5-17,21H,18-19H2,1-4H3,(H,37,44)(H,38,42)(H,40,45)/t21-/m1/s1. The van der Waals surface area contributed by atoms with E-state index in [4.69, 9.17) is 27.9 Å². The van der Waals surface area contributed by atoms with Crippen LogP contribution in [0.5, 0.6) is 5.75 Å². The molecule has 0 unspecified atom stereocenters. The van der Waals surface area contributed by atoms with Gasteiger partial charge < -0.3 is 25.6 Å². The quantitative estimate of drug-likeness (QED) is 0.192. The molecule has 0 saturated carbocycles. The summed E-state index contributed by atoms with van der Waals surface area (Å²) in [4.78, 5) is 55.3. The second-order valence-corrected chi connectivity index (χ2v) is 11.1. The molecule has 1 aromatic heterocycles. The number of carbonyl (C=O) groups is 4. The van der Waals surface area contributed by atoms with Gasteiger partial charge in [-0.3, -0.25) is 19.2 Å². The van der Waals surface area contributed by atoms with E-state index in [0.29, 0.717) is 33.1 Å². The fraction of sp³-hybridized carbons (Fsp3) is 0.206. The van der Waals surface area contributed by atoms with Gasteiger partial charge in [-0.25, -0.2) is 4.98 Å². The molecule has 0 aliphatic carbocycles. The van der Waals surface area contributed by atoms with Crippen LogP contribution >= 0.6 is 23.2 Å². The van der Waals surface area contributed by atoms with E-state index in [1.807, 2.05) is 37.3 Å². The summed E-state index contributed by atoms with van der Waals surface area (Å²) in [6.45, 7) is 3.25. The SMILES string of the molecule is CNC(=O)[C@@H](C)NC(=O)c1ccc(C=CC(=O)NCC(=O)N(C)c2ccc(Cl)c(COc3cccc4ccc(C)nc34)c2Cl)cc1. The summed E-state index contributed by atoms with van der Waals surface area (Å²) in [6, 6.07) is 18.6. The van der Waals surface area contributed by atoms with Gasteiger partial charge in [-0.1, -0.05) is 53.5 Å². The lowest BCUT2D eigenvalue weighted by molar-refractivity contribution is -0.122. The minimum atomic E-state index is -0.683. The number of hydrogen-bond acceptors (Lipinski definition) is 6. The normalized spacial score (nSPS) is 11.6. The lowest BCUT2D eigenvalue weighted by Gasteiger charge is -2.21. The summed E-state index contributed by atoms with van der Waals surface area (Å²) in [5.41, 5.74) is 3.50. The highest BCUT2D eigenvalue weighted by Crippen LogP contribution is 2.35. The highest BCUT2D eigenvalue weighted by molar-refractivity contribution is 6.38. The molecule has 0 saturated heterocycles. The zero-order valence-corrected chi connectivity index (χ0v) is 27.2. The molecule has 4 aromatic rings. The number of carbonyl (C=O) groups excluding carboxylic acids is 4. The molecule has 4 amide bonds. The third-order valence-corrected chi connectivity index (χ3v) is 7.87. The zero-order valence-electron chi connectivity index (χ0n) is 25.7. The van der Waals surface area contributed by atoms with Crippen LogP contribution in [0, 0.1) is 6.92 Å². The molecular formula is C34H33Cl2N5O5. The van der Waals surface area contributed by atoms with Crippen molar-refractivity contribution in [3.8, 4) is 5.75 Å². The summed E-state index contributed by atoms with van der Waals surface area (Å²) in [5.74, 6) is -1.02. The molecule has 0 aliphatic rings. The summed E-state index contributed by atoms with van der Waals surface area (Å²) in [5, 5.41) is 9.20. The fourth-order valence-corrected chi connectivity index (χ4v) is 5.02. The molecule has 12 heteroatoms. The van der Waals surface area contributed by atoms with E-state index in [0.717, 1.165) is 16.6 Å². The van der Waals surface area contributed by atoms with Gasteiger partial charge >= 0.3 is 0 Å². The number of nitrogens with zero attached hydrogens (tertiary/aromatic N) is 2. The van der Waals surface area contributed by atoms with Crippen LogP contribution in [0.2, 0.25) is 10.0 Å². The van der Waals surface area contributed by atoms with Gasteiger partial charge in [-0.2, -0.15) is 0 Å². The van der Waals surface area contributed by atoms with E-state index in [1.54, 1.807) is 56.4 Å². The maximum absolute atomic E-state index is 13.0. The lowest BCUT2D eigenvalue weighted by Crippen LogP contribution is -2.43. The van der Waals surface area contributed by atoms with Gasteiger partial charge in [-0.15, -0.1) is 0 Å². The summed E-state index contributed by atoms with van der Waals surface area (Å²) < 4.78 is 6.07. The molecule has 3 aromatic carbocycles. The Hall–Kier alpha value is -4.93. The number of aromatic nitrogens is 1. The Morgan fingerprint density at radius 1 is 1.00 bits per heavy atom. The second kappa shape index (κ2) is 15.4. The van der Waals surface area contributed by atoms with Gasteiger partial charge in [0.05, 0.1) is 17.3 Å². The topological polar surface area (TPSA) is 130 Å². The van der Waals surface area contributed by atoms with Crippen molar-refractivity contribution in [2.45, 2.75) is 26.5 Å². The van der Waals surface area contributed by atoms with Crippen molar-refractivity contribution in [1.29, 1.82) is 0 Å². The summed E-state index contributed by atoms with van der Waals surface area (Å²) in [7, 11) is 3.04. The minimum Gasteiger partial charge on any atom is -0.487 e. The smallest absolute Gasteiger partial charge is 0.251 e. The van der Waals surface area contributed by atoms with Gasteiger partial charge in [0.25, 0.3) is 5.91 Å². The molecule has 0 spiro atoms. The third kappa shape index (κ3) is 8.41. The van der Waals surface area contributed by atoms with E-state index in [2.05, 4.69) is 20.9 Å². The largest absolute Gasteiger partial charge is 0.487 e. The number of pyridine rings is 1. The van der Waals surface area contributed by atoms with Gasteiger partial charge in [0.15, 0.2) is 0 Å². The summed E-state index contributed by atoms with van der Waals surface area (Å²) >= 11 is 13.2. The Morgan fingerprint density at radius 2 is 1.74 bits per heavy atom. The van der Waals surface area contributed by atoms with Crippen LogP contribution in [0.1, 0.15) is 34.1 Å². The van der Waals surface area contributed by atoms with Crippen LogP contribution in [-0.4, -0.2) is 55.3 Å². The lowest BCUT2D eigenvalue weighted by atomic mass is 10.1. The Balaban J connectivity index is 1.34. The molecule has 0 bridgehead atoms. The van der Waals surface area contributed by atoms with E-state index < -0.39 is 23.8 Å². The zero-order chi connectivity index (χ0) is 33.4. The monoisotopic (exact) mass is 661 g/mol. The van der Waals surface area contributed by atoms with Gasteiger partial charge in [0, 0.05) is 47.4 Å². The molecule has 4 rings (SSSR count). The van der Waals surface area contributed by atoms with Crippen molar-refractivity contribution in [3.63, 3.8) is 0 Å². The number of rotatable bonds is 11. The van der Waals surface area contributed by atoms with E-state index in [9.17, 15) is 19.2 Å². The van der Waals surface area contributed by atoms with Crippen molar-refractivity contribution in [2.75, 3.05) is 25.5 Å². The Bertz CT molecular complexity index is 1810. The number of hydrogen-bond donors (Lipinski definition) is 3. The first-order chi connectivity index (χ1) is 22.0. The van der Waals surface area contributed by atoms with Crippen LogP contribution in [0.3, 0.4) is 0 Å². The average molecular weight is 663 g/mol. The second-order valence-electron chi connectivity index (χ2n) is 10.4. The predicted octanol–water partition coefficient (Wildman–Crippen LogP) is 5.09. The Morgan fingerprint density at radius 3 is 2.46 bits per heavy atom. The molecule has 3 N–H and O–H groups in total. The van der Waals surface area contributed by atoms with Crippen LogP contribution in [0.15, 0.2) is 72.8 Å². The molecule has 10 nitrogen and oxygen atoms in total. The number of halogens is 2. The first-order valence-electron chi connectivity index (χ1n) is 14.3. The average Bonchev–Trinajstić information content (AvgIpc) is 3.05. The van der Waals surface area contributed by atoms with Gasteiger partial charge in [0.2, 0.25) is 17.7 Å². The molecule has 238 valence electrons. The highest BCUT2D eigenvalue weighted by Gasteiger charge is 2.20. The van der Waals surface area contributed by atoms with Crippen molar-refractivity contribution in [1.82, 2.24) is 20.9 Å². The molecular weight excluding hydrogens is 629 g/mol. The van der Waals surface area contributed by atoms with Gasteiger partial charge in [-0.05, 0) is 61.9 Å². The Labute approximate surface area is 276 Å². The van der Waals surface area contributed by atoms with Gasteiger partial charge in [0.1, 0.15) is 23.9 Å². The number of para-hydroxylation sites is 1. The van der Waals surface area contributed by atoms with Crippen LogP contribution in [-0.2, 0) is 21.0 Å². The highest BCUT2D eigenvalue weighted by atomic mass is 35.5. The molecule has 46 heavy (non-hydrogen) atoms. The molecule has 0 radical (unpaired) electrons. The Kier molecular flexibility index (Phi) is 11.3. The van der Waals surface area contributed by atoms with E-state index in [1.165, 1.54) is 18.0 Å². The van der Waals surface area contributed by atoms with Crippen LogP contribution < -0.4 is 25.6 Å². The van der Waals surface area contributed by atoms with Crippen LogP contribution in [0.25, 0.3) is 17.0 Å². The number of nitrogens with one attached hydrogen (secondary N) is 3. The first-order valence-corrected chi connectivity index (χ1v) is 15.0. The maximum Gasteiger partial charge on any atom is 0.251 e. The molecule has 1 heterocycles. The molecule has 1 atom stereocenters. The van der Waals surface area contributed by atoms with E-state index >= 15 is 0 Å². The number of amides is 4. The number of aryl methyl sites for hydroxylation is 1. The number of anilines is 1.